The fraction of sp³-hybridized carbons (Fsp3) is 0.375. The first-order chi connectivity index (χ1) is 11.3. The van der Waals surface area contributed by atoms with Gasteiger partial charge in [-0.3, -0.25) is 9.10 Å². The number of nitrogens with zero attached hydrogens (tertiary/aromatic N) is 1. The van der Waals surface area contributed by atoms with Gasteiger partial charge >= 0.3 is 5.97 Å². The monoisotopic (exact) mass is 352 g/mol. The van der Waals surface area contributed by atoms with E-state index < -0.39 is 21.9 Å². The van der Waals surface area contributed by atoms with E-state index in [0.717, 1.165) is 17.7 Å². The molecule has 0 aromatic heterocycles. The topological polar surface area (TPSA) is 92.8 Å². The van der Waals surface area contributed by atoms with Crippen molar-refractivity contribution in [3.8, 4) is 0 Å². The van der Waals surface area contributed by atoms with Gasteiger partial charge in [0, 0.05) is 18.7 Å². The van der Waals surface area contributed by atoms with Gasteiger partial charge in [0.1, 0.15) is 0 Å². The third-order valence-electron chi connectivity index (χ3n) is 3.69. The lowest BCUT2D eigenvalue weighted by atomic mass is 10.1. The molecule has 1 saturated heterocycles. The van der Waals surface area contributed by atoms with Crippen LogP contribution in [0.25, 0.3) is 0 Å². The van der Waals surface area contributed by atoms with E-state index in [-0.39, 0.29) is 11.8 Å². The minimum atomic E-state index is -3.24. The molecular weight excluding hydrogens is 332 g/mol. The normalized spacial score (nSPS) is 17.7. The highest BCUT2D eigenvalue weighted by Crippen LogP contribution is 2.26. The zero-order valence-electron chi connectivity index (χ0n) is 13.6. The predicted octanol–water partition coefficient (Wildman–Crippen LogP) is 1.13. The number of methoxy groups -OCH3 is 1. The van der Waals surface area contributed by atoms with Crippen molar-refractivity contribution >= 4 is 27.6 Å². The quantitative estimate of drug-likeness (QED) is 0.633. The van der Waals surface area contributed by atoms with Gasteiger partial charge in [-0.05, 0) is 31.0 Å². The Hall–Kier alpha value is -2.35. The second kappa shape index (κ2) is 7.48. The molecule has 1 aliphatic rings. The summed E-state index contributed by atoms with van der Waals surface area (Å²) in [5, 5.41) is 2.71. The smallest absolute Gasteiger partial charge is 0.330 e. The molecule has 24 heavy (non-hydrogen) atoms. The number of ether oxygens (including phenoxy) is 1. The summed E-state index contributed by atoms with van der Waals surface area (Å²) in [7, 11) is -2.02. The number of benzene rings is 1. The van der Waals surface area contributed by atoms with Crippen molar-refractivity contribution in [1.82, 2.24) is 5.32 Å². The minimum Gasteiger partial charge on any atom is -0.466 e. The minimum absolute atomic E-state index is 0.155. The molecule has 1 aromatic rings. The number of amides is 1. The molecule has 1 unspecified atom stereocenters. The molecule has 0 aliphatic carbocycles. The fourth-order valence-electron chi connectivity index (χ4n) is 2.44. The van der Waals surface area contributed by atoms with Gasteiger partial charge in [-0.2, -0.15) is 0 Å². The van der Waals surface area contributed by atoms with Gasteiger partial charge in [-0.15, -0.1) is 0 Å². The molecule has 1 atom stereocenters. The summed E-state index contributed by atoms with van der Waals surface area (Å²) in [5.41, 5.74) is 1.37. The number of nitrogens with one attached hydrogen (secondary N) is 1. The third-order valence-corrected chi connectivity index (χ3v) is 5.56. The Morgan fingerprint density at radius 2 is 2.08 bits per heavy atom. The van der Waals surface area contributed by atoms with E-state index in [9.17, 15) is 18.0 Å². The average Bonchev–Trinajstić information content (AvgIpc) is 2.91. The highest BCUT2D eigenvalue weighted by atomic mass is 32.2. The van der Waals surface area contributed by atoms with Crippen LogP contribution >= 0.6 is 0 Å². The molecule has 0 radical (unpaired) electrons. The molecule has 7 nitrogen and oxygen atoms in total. The van der Waals surface area contributed by atoms with Crippen LogP contribution in [0.15, 0.2) is 36.4 Å². The Bertz CT molecular complexity index is 757. The molecule has 1 aromatic carbocycles. The van der Waals surface area contributed by atoms with Gasteiger partial charge in [0.2, 0.25) is 15.9 Å². The number of rotatable bonds is 5. The molecule has 1 fully saturated rings. The van der Waals surface area contributed by atoms with Gasteiger partial charge in [0.05, 0.1) is 24.6 Å². The summed E-state index contributed by atoms with van der Waals surface area (Å²) in [4.78, 5) is 22.8. The van der Waals surface area contributed by atoms with Crippen LogP contribution in [0.2, 0.25) is 0 Å². The van der Waals surface area contributed by atoms with E-state index >= 15 is 0 Å². The van der Waals surface area contributed by atoms with Crippen molar-refractivity contribution in [1.29, 1.82) is 0 Å². The lowest BCUT2D eigenvalue weighted by Crippen LogP contribution is -2.27. The predicted molar refractivity (Wildman–Crippen MR) is 89.9 cm³/mol. The Morgan fingerprint density at radius 3 is 2.71 bits per heavy atom. The molecule has 1 aliphatic heterocycles. The number of carbonyl (C=O) groups excluding carboxylic acids is 2. The lowest BCUT2D eigenvalue weighted by Gasteiger charge is -2.19. The van der Waals surface area contributed by atoms with Gasteiger partial charge < -0.3 is 10.1 Å². The summed E-state index contributed by atoms with van der Waals surface area (Å²) in [5.74, 6) is -0.895. The first kappa shape index (κ1) is 18.0. The number of hydrogen-bond donors (Lipinski definition) is 1. The van der Waals surface area contributed by atoms with Crippen molar-refractivity contribution < 1.29 is 22.7 Å². The molecule has 1 amide bonds. The Labute approximate surface area is 141 Å². The van der Waals surface area contributed by atoms with Crippen LogP contribution in [-0.2, 0) is 24.3 Å². The van der Waals surface area contributed by atoms with Crippen LogP contribution in [-0.4, -0.2) is 39.7 Å². The van der Waals surface area contributed by atoms with E-state index in [1.807, 2.05) is 0 Å². The third kappa shape index (κ3) is 4.35. The van der Waals surface area contributed by atoms with Crippen LogP contribution in [0.3, 0.4) is 0 Å². The maximum Gasteiger partial charge on any atom is 0.330 e. The van der Waals surface area contributed by atoms with Crippen LogP contribution in [0.5, 0.6) is 0 Å². The number of carbonyl (C=O) groups is 2. The number of anilines is 1. The van der Waals surface area contributed by atoms with Crippen LogP contribution < -0.4 is 9.62 Å². The maximum absolute atomic E-state index is 12.0. The standard InChI is InChI=1S/C16H20N2O5S/c1-12(17-15(19)7-8-16(20)23-2)13-5-3-6-14(11-13)18-9-4-10-24(18,21)22/h3,5-8,11-12H,4,9-10H2,1-2H3,(H,17,19)/b8-7+. The van der Waals surface area contributed by atoms with E-state index in [1.54, 1.807) is 31.2 Å². The van der Waals surface area contributed by atoms with E-state index in [4.69, 9.17) is 0 Å². The first-order valence-electron chi connectivity index (χ1n) is 7.50. The van der Waals surface area contributed by atoms with Crippen molar-refractivity contribution in [2.75, 3.05) is 23.7 Å². The molecule has 0 bridgehead atoms. The Balaban J connectivity index is 2.09. The van der Waals surface area contributed by atoms with Crippen molar-refractivity contribution in [3.63, 3.8) is 0 Å². The van der Waals surface area contributed by atoms with Gasteiger partial charge in [0.25, 0.3) is 0 Å². The molecule has 1 heterocycles. The first-order valence-corrected chi connectivity index (χ1v) is 9.11. The van der Waals surface area contributed by atoms with Crippen LogP contribution in [0, 0.1) is 0 Å². The maximum atomic E-state index is 12.0. The summed E-state index contributed by atoms with van der Waals surface area (Å²) >= 11 is 0. The average molecular weight is 352 g/mol. The van der Waals surface area contributed by atoms with Crippen molar-refractivity contribution in [2.45, 2.75) is 19.4 Å². The summed E-state index contributed by atoms with van der Waals surface area (Å²) in [6, 6.07) is 6.70. The summed E-state index contributed by atoms with van der Waals surface area (Å²) in [6.07, 6.45) is 2.74. The van der Waals surface area contributed by atoms with Gasteiger partial charge in [-0.1, -0.05) is 12.1 Å². The summed E-state index contributed by atoms with van der Waals surface area (Å²) < 4.78 is 29.8. The van der Waals surface area contributed by atoms with Crippen LogP contribution in [0.4, 0.5) is 5.69 Å². The molecule has 1 N–H and O–H groups in total. The Morgan fingerprint density at radius 1 is 1.33 bits per heavy atom. The SMILES string of the molecule is COC(=O)/C=C/C(=O)NC(C)c1cccc(N2CCCS2(=O)=O)c1. The molecular formula is C16H20N2O5S. The lowest BCUT2D eigenvalue weighted by molar-refractivity contribution is -0.135. The van der Waals surface area contributed by atoms with E-state index in [0.29, 0.717) is 18.7 Å². The zero-order chi connectivity index (χ0) is 17.7. The summed E-state index contributed by atoms with van der Waals surface area (Å²) in [6.45, 7) is 2.25. The second-order valence-electron chi connectivity index (χ2n) is 5.42. The highest BCUT2D eigenvalue weighted by Gasteiger charge is 2.28. The second-order valence-corrected chi connectivity index (χ2v) is 7.44. The number of sulfonamides is 1. The zero-order valence-corrected chi connectivity index (χ0v) is 14.4. The Kier molecular flexibility index (Phi) is 5.61. The van der Waals surface area contributed by atoms with Crippen molar-refractivity contribution in [3.05, 3.63) is 42.0 Å². The molecule has 0 spiro atoms. The highest BCUT2D eigenvalue weighted by molar-refractivity contribution is 7.93. The number of hydrogen-bond acceptors (Lipinski definition) is 5. The molecule has 8 heteroatoms. The van der Waals surface area contributed by atoms with Crippen molar-refractivity contribution in [2.24, 2.45) is 0 Å². The largest absolute Gasteiger partial charge is 0.466 e. The van der Waals surface area contributed by atoms with Gasteiger partial charge in [0.15, 0.2) is 0 Å². The van der Waals surface area contributed by atoms with Crippen LogP contribution in [0.1, 0.15) is 24.9 Å². The fourth-order valence-corrected chi connectivity index (χ4v) is 3.99. The molecule has 2 rings (SSSR count). The van der Waals surface area contributed by atoms with E-state index in [1.165, 1.54) is 11.4 Å². The molecule has 0 saturated carbocycles. The molecule has 130 valence electrons. The van der Waals surface area contributed by atoms with E-state index in [2.05, 4.69) is 10.1 Å². The number of esters is 1. The van der Waals surface area contributed by atoms with Gasteiger partial charge in [-0.25, -0.2) is 13.2 Å².